The van der Waals surface area contributed by atoms with E-state index in [1.54, 1.807) is 20.8 Å². The van der Waals surface area contributed by atoms with Gasteiger partial charge in [-0.15, -0.1) is 0 Å². The molecule has 2 aromatic rings. The molecule has 2 aromatic carbocycles. The van der Waals surface area contributed by atoms with E-state index >= 15 is 0 Å². The second-order valence-electron chi connectivity index (χ2n) is 7.38. The third kappa shape index (κ3) is 7.90. The lowest BCUT2D eigenvalue weighted by atomic mass is 10.0. The number of ketones is 1. The summed E-state index contributed by atoms with van der Waals surface area (Å²) in [4.78, 5) is 24.8. The predicted molar refractivity (Wildman–Crippen MR) is 108 cm³/mol. The monoisotopic (exact) mass is 365 g/mol. The summed E-state index contributed by atoms with van der Waals surface area (Å²) in [6.45, 7) is 5.38. The van der Waals surface area contributed by atoms with Crippen LogP contribution in [0.2, 0.25) is 0 Å². The first-order valence-corrected chi connectivity index (χ1v) is 9.11. The summed E-state index contributed by atoms with van der Waals surface area (Å²) in [7, 11) is 0. The molecule has 142 valence electrons. The zero-order valence-electron chi connectivity index (χ0n) is 16.1. The zero-order chi connectivity index (χ0) is 19.7. The van der Waals surface area contributed by atoms with Gasteiger partial charge < -0.3 is 10.1 Å². The number of carbonyl (C=O) groups is 2. The van der Waals surface area contributed by atoms with E-state index in [1.807, 2.05) is 66.7 Å². The molecule has 1 N–H and O–H groups in total. The van der Waals surface area contributed by atoms with Crippen molar-refractivity contribution in [3.05, 3.63) is 83.9 Å². The number of carbonyl (C=O) groups excluding carboxylic acids is 2. The van der Waals surface area contributed by atoms with Gasteiger partial charge in [0, 0.05) is 6.42 Å². The lowest BCUT2D eigenvalue weighted by molar-refractivity contribution is -0.116. The highest BCUT2D eigenvalue weighted by Crippen LogP contribution is 2.10. The topological polar surface area (TPSA) is 55.4 Å². The highest BCUT2D eigenvalue weighted by atomic mass is 16.6. The molecule has 0 saturated heterocycles. The molecule has 0 aliphatic rings. The highest BCUT2D eigenvalue weighted by molar-refractivity contribution is 5.96. The third-order valence-corrected chi connectivity index (χ3v) is 3.80. The van der Waals surface area contributed by atoms with Crippen molar-refractivity contribution < 1.29 is 14.3 Å². The average Bonchev–Trinajstić information content (AvgIpc) is 2.61. The van der Waals surface area contributed by atoms with Crippen LogP contribution in [0.25, 0.3) is 0 Å². The molecule has 0 fully saturated rings. The maximum atomic E-state index is 12.7. The van der Waals surface area contributed by atoms with Gasteiger partial charge in [0.05, 0.1) is 6.04 Å². The lowest BCUT2D eigenvalue weighted by Gasteiger charge is -2.22. The Morgan fingerprint density at radius 1 is 0.963 bits per heavy atom. The second-order valence-corrected chi connectivity index (χ2v) is 7.38. The lowest BCUT2D eigenvalue weighted by Crippen LogP contribution is -2.44. The molecule has 0 radical (unpaired) electrons. The molecule has 0 bridgehead atoms. The summed E-state index contributed by atoms with van der Waals surface area (Å²) in [6, 6.07) is 18.8. The molecule has 0 aliphatic heterocycles. The van der Waals surface area contributed by atoms with Crippen molar-refractivity contribution in [3.63, 3.8) is 0 Å². The first-order valence-electron chi connectivity index (χ1n) is 9.11. The molecular formula is C23H27NO3. The van der Waals surface area contributed by atoms with Crippen LogP contribution in [0, 0.1) is 0 Å². The number of amides is 1. The van der Waals surface area contributed by atoms with Crippen molar-refractivity contribution in [3.8, 4) is 0 Å². The van der Waals surface area contributed by atoms with Gasteiger partial charge in [0.2, 0.25) is 0 Å². The van der Waals surface area contributed by atoms with E-state index in [1.165, 1.54) is 6.08 Å². The van der Waals surface area contributed by atoms with Gasteiger partial charge in [-0.1, -0.05) is 66.7 Å². The van der Waals surface area contributed by atoms with Crippen LogP contribution < -0.4 is 5.32 Å². The Balaban J connectivity index is 2.05. The van der Waals surface area contributed by atoms with Crippen molar-refractivity contribution in [2.45, 2.75) is 45.3 Å². The van der Waals surface area contributed by atoms with Crippen LogP contribution in [0.5, 0.6) is 0 Å². The summed E-state index contributed by atoms with van der Waals surface area (Å²) in [5, 5.41) is 2.71. The van der Waals surface area contributed by atoms with Crippen LogP contribution in [0.15, 0.2) is 72.8 Å². The Kier molecular flexibility index (Phi) is 7.35. The maximum Gasteiger partial charge on any atom is 0.408 e. The van der Waals surface area contributed by atoms with Crippen molar-refractivity contribution >= 4 is 11.9 Å². The number of hydrogen-bond acceptors (Lipinski definition) is 3. The van der Waals surface area contributed by atoms with E-state index in [2.05, 4.69) is 5.32 Å². The molecule has 0 saturated carbocycles. The quantitative estimate of drug-likeness (QED) is 0.736. The number of alkyl carbamates (subject to hydrolysis) is 1. The Morgan fingerprint density at radius 3 is 2.07 bits per heavy atom. The number of benzene rings is 2. The van der Waals surface area contributed by atoms with E-state index in [4.69, 9.17) is 4.74 Å². The van der Waals surface area contributed by atoms with Crippen LogP contribution in [-0.4, -0.2) is 23.5 Å². The van der Waals surface area contributed by atoms with Crippen molar-refractivity contribution in [1.82, 2.24) is 5.32 Å². The first-order chi connectivity index (χ1) is 12.8. The molecule has 0 heterocycles. The van der Waals surface area contributed by atoms with Gasteiger partial charge in [-0.3, -0.25) is 4.79 Å². The maximum absolute atomic E-state index is 12.7. The van der Waals surface area contributed by atoms with Crippen LogP contribution in [0.1, 0.15) is 31.9 Å². The van der Waals surface area contributed by atoms with Crippen molar-refractivity contribution in [2.75, 3.05) is 0 Å². The summed E-state index contributed by atoms with van der Waals surface area (Å²) in [5.74, 6) is -0.152. The van der Waals surface area contributed by atoms with E-state index in [9.17, 15) is 9.59 Å². The molecule has 0 spiro atoms. The van der Waals surface area contributed by atoms with Gasteiger partial charge in [0.1, 0.15) is 5.60 Å². The average molecular weight is 365 g/mol. The molecule has 0 aromatic heterocycles. The molecular weight excluding hydrogens is 338 g/mol. The largest absolute Gasteiger partial charge is 0.444 e. The molecule has 4 nitrogen and oxygen atoms in total. The fourth-order valence-electron chi connectivity index (χ4n) is 2.56. The number of ether oxygens (including phenoxy) is 1. The number of allylic oxidation sites excluding steroid dienone is 1. The van der Waals surface area contributed by atoms with Crippen LogP contribution in [-0.2, 0) is 22.4 Å². The van der Waals surface area contributed by atoms with E-state index in [-0.39, 0.29) is 5.78 Å². The van der Waals surface area contributed by atoms with Gasteiger partial charge in [-0.25, -0.2) is 4.79 Å². The number of rotatable bonds is 7. The molecule has 1 amide bonds. The fourth-order valence-corrected chi connectivity index (χ4v) is 2.56. The normalized spacial score (nSPS) is 12.6. The van der Waals surface area contributed by atoms with E-state index in [0.29, 0.717) is 12.8 Å². The van der Waals surface area contributed by atoms with E-state index in [0.717, 1.165) is 11.1 Å². The highest BCUT2D eigenvalue weighted by Gasteiger charge is 2.23. The minimum absolute atomic E-state index is 0.152. The standard InChI is InChI=1S/C23H27NO3/c1-23(2,3)27-22(26)24-20(17-19-13-8-5-9-14-19)21(25)16-10-15-18-11-6-4-7-12-18/h4-14,16,20H,15,17H2,1-3H3,(H,24,26)/b16-10+/t20-/m0/s1. The Bertz CT molecular complexity index is 761. The Hall–Kier alpha value is -2.88. The second kappa shape index (κ2) is 9.72. The van der Waals surface area contributed by atoms with Crippen LogP contribution in [0.4, 0.5) is 4.79 Å². The molecule has 2 rings (SSSR count). The van der Waals surface area contributed by atoms with Crippen molar-refractivity contribution in [1.29, 1.82) is 0 Å². The molecule has 0 aliphatic carbocycles. The zero-order valence-corrected chi connectivity index (χ0v) is 16.1. The SMILES string of the molecule is CC(C)(C)OC(=O)N[C@@H](Cc1ccccc1)C(=O)/C=C/Cc1ccccc1. The summed E-state index contributed by atoms with van der Waals surface area (Å²) >= 11 is 0. The number of nitrogens with one attached hydrogen (secondary N) is 1. The van der Waals surface area contributed by atoms with Crippen LogP contribution >= 0.6 is 0 Å². The molecule has 0 unspecified atom stereocenters. The van der Waals surface area contributed by atoms with Gasteiger partial charge in [0.25, 0.3) is 0 Å². The predicted octanol–water partition coefficient (Wildman–Crippen LogP) is 4.49. The first kappa shape index (κ1) is 20.4. The van der Waals surface area contributed by atoms with Gasteiger partial charge >= 0.3 is 6.09 Å². The molecule has 27 heavy (non-hydrogen) atoms. The Labute approximate surface area is 161 Å². The molecule has 4 heteroatoms. The molecule has 1 atom stereocenters. The minimum Gasteiger partial charge on any atom is -0.444 e. The summed E-state index contributed by atoms with van der Waals surface area (Å²) < 4.78 is 5.30. The summed E-state index contributed by atoms with van der Waals surface area (Å²) in [5.41, 5.74) is 1.48. The van der Waals surface area contributed by atoms with Gasteiger partial charge in [-0.05, 0) is 44.4 Å². The fraction of sp³-hybridized carbons (Fsp3) is 0.304. The summed E-state index contributed by atoms with van der Waals surface area (Å²) in [6.07, 6.45) is 3.85. The number of hydrogen-bond donors (Lipinski definition) is 1. The van der Waals surface area contributed by atoms with Crippen LogP contribution in [0.3, 0.4) is 0 Å². The van der Waals surface area contributed by atoms with Gasteiger partial charge in [0.15, 0.2) is 5.78 Å². The Morgan fingerprint density at radius 2 is 1.52 bits per heavy atom. The van der Waals surface area contributed by atoms with Crippen molar-refractivity contribution in [2.24, 2.45) is 0 Å². The third-order valence-electron chi connectivity index (χ3n) is 3.80. The smallest absolute Gasteiger partial charge is 0.408 e. The van der Waals surface area contributed by atoms with Gasteiger partial charge in [-0.2, -0.15) is 0 Å². The minimum atomic E-state index is -0.672. The van der Waals surface area contributed by atoms with E-state index < -0.39 is 17.7 Å².